The second-order valence-electron chi connectivity index (χ2n) is 8.90. The van der Waals surface area contributed by atoms with Gasteiger partial charge >= 0.3 is 0 Å². The molecule has 1 N–H and O–H groups in total. The number of hydrogen-bond donors (Lipinski definition) is 1. The third-order valence-corrected chi connectivity index (χ3v) is 6.93. The van der Waals surface area contributed by atoms with Gasteiger partial charge in [-0.2, -0.15) is 5.10 Å². The number of fused-ring (bicyclic) bond motifs is 1. The van der Waals surface area contributed by atoms with Crippen molar-refractivity contribution in [2.45, 2.75) is 76.4 Å². The summed E-state index contributed by atoms with van der Waals surface area (Å²) in [5, 5.41) is 17.2. The Morgan fingerprint density at radius 1 is 1.00 bits per heavy atom. The lowest BCUT2D eigenvalue weighted by Gasteiger charge is -2.32. The third-order valence-electron chi connectivity index (χ3n) is 6.93. The van der Waals surface area contributed by atoms with Gasteiger partial charge in [0.1, 0.15) is 11.6 Å². The van der Waals surface area contributed by atoms with E-state index in [1.54, 1.807) is 0 Å². The molecule has 3 aliphatic rings. The Morgan fingerprint density at radius 2 is 1.82 bits per heavy atom. The van der Waals surface area contributed by atoms with Crippen LogP contribution in [0, 0.1) is 0 Å². The molecule has 2 fully saturated rings. The average Bonchev–Trinajstić information content (AvgIpc) is 3.33. The van der Waals surface area contributed by atoms with Gasteiger partial charge in [-0.05, 0) is 38.8 Å². The molecule has 0 amide bonds. The van der Waals surface area contributed by atoms with Crippen molar-refractivity contribution in [2.24, 2.45) is 7.05 Å². The minimum absolute atomic E-state index is 0.558. The molecule has 4 heterocycles. The zero-order chi connectivity index (χ0) is 18.9. The molecule has 152 valence electrons. The Bertz CT molecular complexity index is 794. The predicted octanol–water partition coefficient (Wildman–Crippen LogP) is 2.54. The number of aromatic nitrogens is 5. The first-order chi connectivity index (χ1) is 13.8. The topological polar surface area (TPSA) is 63.8 Å². The van der Waals surface area contributed by atoms with Crippen molar-refractivity contribution in [1.29, 1.82) is 0 Å². The van der Waals surface area contributed by atoms with Gasteiger partial charge in [-0.25, -0.2) is 0 Å². The Kier molecular flexibility index (Phi) is 5.20. The van der Waals surface area contributed by atoms with Crippen LogP contribution in [0.5, 0.6) is 0 Å². The molecule has 0 atom stereocenters. The fourth-order valence-electron chi connectivity index (χ4n) is 5.40. The molecule has 1 saturated carbocycles. The number of piperidine rings is 1. The van der Waals surface area contributed by atoms with Crippen LogP contribution in [0.25, 0.3) is 0 Å². The Hall–Kier alpha value is -1.73. The fourth-order valence-corrected chi connectivity index (χ4v) is 5.40. The molecule has 2 aromatic heterocycles. The van der Waals surface area contributed by atoms with Gasteiger partial charge in [0.05, 0.1) is 12.2 Å². The maximum Gasteiger partial charge on any atom is 0.147 e. The number of nitrogens with zero attached hydrogens (tertiary/aromatic N) is 6. The van der Waals surface area contributed by atoms with Gasteiger partial charge in [0.25, 0.3) is 0 Å². The molecule has 1 aliphatic carbocycles. The van der Waals surface area contributed by atoms with Crippen molar-refractivity contribution in [3.8, 4) is 0 Å². The molecule has 0 unspecified atom stereocenters. The van der Waals surface area contributed by atoms with Gasteiger partial charge in [0, 0.05) is 50.3 Å². The minimum atomic E-state index is 0.558. The first-order valence-electron chi connectivity index (χ1n) is 11.2. The molecule has 2 aliphatic heterocycles. The quantitative estimate of drug-likeness (QED) is 0.879. The van der Waals surface area contributed by atoms with E-state index >= 15 is 0 Å². The monoisotopic (exact) mass is 383 g/mol. The van der Waals surface area contributed by atoms with Gasteiger partial charge in [-0.1, -0.05) is 19.3 Å². The second-order valence-corrected chi connectivity index (χ2v) is 8.90. The largest absolute Gasteiger partial charge is 0.312 e. The molecular weight excluding hydrogens is 350 g/mol. The lowest BCUT2D eigenvalue weighted by molar-refractivity contribution is 0.198. The first kappa shape index (κ1) is 18.3. The van der Waals surface area contributed by atoms with E-state index in [1.165, 1.54) is 62.0 Å². The Morgan fingerprint density at radius 3 is 2.64 bits per heavy atom. The molecule has 0 spiro atoms. The van der Waals surface area contributed by atoms with E-state index in [0.717, 1.165) is 45.1 Å². The summed E-state index contributed by atoms with van der Waals surface area (Å²) in [5.74, 6) is 3.57. The van der Waals surface area contributed by atoms with Crippen molar-refractivity contribution in [3.63, 3.8) is 0 Å². The van der Waals surface area contributed by atoms with Crippen LogP contribution in [-0.4, -0.2) is 49.1 Å². The zero-order valence-corrected chi connectivity index (χ0v) is 17.1. The summed E-state index contributed by atoms with van der Waals surface area (Å²) < 4.78 is 4.39. The van der Waals surface area contributed by atoms with E-state index in [2.05, 4.69) is 38.2 Å². The summed E-state index contributed by atoms with van der Waals surface area (Å²) in [7, 11) is 2.07. The van der Waals surface area contributed by atoms with E-state index < -0.39 is 0 Å². The average molecular weight is 384 g/mol. The Labute approximate surface area is 167 Å². The maximum atomic E-state index is 4.87. The molecule has 28 heavy (non-hydrogen) atoms. The number of aryl methyl sites for hydroxylation is 1. The summed E-state index contributed by atoms with van der Waals surface area (Å²) in [5.41, 5.74) is 2.84. The van der Waals surface area contributed by atoms with Crippen LogP contribution in [0.1, 0.15) is 79.7 Å². The lowest BCUT2D eigenvalue weighted by atomic mass is 9.85. The van der Waals surface area contributed by atoms with Gasteiger partial charge in [0.15, 0.2) is 0 Å². The van der Waals surface area contributed by atoms with Crippen LogP contribution in [0.4, 0.5) is 0 Å². The number of nitrogens with one attached hydrogen (secondary N) is 1. The fraction of sp³-hybridized carbons (Fsp3) is 0.762. The molecule has 5 rings (SSSR count). The van der Waals surface area contributed by atoms with Crippen LogP contribution >= 0.6 is 0 Å². The summed E-state index contributed by atoms with van der Waals surface area (Å²) in [6, 6.07) is 0. The minimum Gasteiger partial charge on any atom is -0.312 e. The van der Waals surface area contributed by atoms with Crippen molar-refractivity contribution in [2.75, 3.05) is 19.6 Å². The molecule has 1 saturated heterocycles. The zero-order valence-electron chi connectivity index (χ0n) is 17.1. The lowest BCUT2D eigenvalue weighted by Crippen LogP contribution is -2.35. The van der Waals surface area contributed by atoms with Gasteiger partial charge < -0.3 is 9.88 Å². The van der Waals surface area contributed by atoms with Crippen LogP contribution < -0.4 is 5.32 Å². The molecule has 0 aromatic carbocycles. The van der Waals surface area contributed by atoms with Crippen molar-refractivity contribution >= 4 is 0 Å². The van der Waals surface area contributed by atoms with Crippen LogP contribution in [-0.2, 0) is 26.7 Å². The van der Waals surface area contributed by atoms with Crippen molar-refractivity contribution in [3.05, 3.63) is 29.1 Å². The van der Waals surface area contributed by atoms with Crippen LogP contribution in [0.15, 0.2) is 6.20 Å². The summed E-state index contributed by atoms with van der Waals surface area (Å²) in [4.78, 5) is 2.62. The molecule has 0 radical (unpaired) electrons. The number of likely N-dealkylation sites (tertiary alicyclic amines) is 1. The number of hydrogen-bond acceptors (Lipinski definition) is 5. The van der Waals surface area contributed by atoms with Gasteiger partial charge in [-0.3, -0.25) is 9.58 Å². The summed E-state index contributed by atoms with van der Waals surface area (Å²) in [6.07, 6.45) is 11.4. The molecule has 7 nitrogen and oxygen atoms in total. The van der Waals surface area contributed by atoms with Gasteiger partial charge in [0.2, 0.25) is 0 Å². The number of rotatable bonds is 4. The van der Waals surface area contributed by atoms with Crippen LogP contribution in [0.2, 0.25) is 0 Å². The standard InChI is InChI=1S/C21H33N7/c1-26-14-18(20(25-26)16-5-3-2-4-6-16)15-27-10-7-17(8-11-27)21-24-23-19-13-22-9-12-28(19)21/h14,16-17,22H,2-13,15H2,1H3. The highest BCUT2D eigenvalue weighted by molar-refractivity contribution is 5.22. The van der Waals surface area contributed by atoms with Crippen molar-refractivity contribution in [1.82, 2.24) is 34.8 Å². The van der Waals surface area contributed by atoms with Crippen molar-refractivity contribution < 1.29 is 0 Å². The van der Waals surface area contributed by atoms with Crippen LogP contribution in [0.3, 0.4) is 0 Å². The summed E-state index contributed by atoms with van der Waals surface area (Å²) >= 11 is 0. The van der Waals surface area contributed by atoms with E-state index in [9.17, 15) is 0 Å². The first-order valence-corrected chi connectivity index (χ1v) is 11.2. The maximum absolute atomic E-state index is 4.87. The van der Waals surface area contributed by atoms with E-state index in [1.807, 2.05) is 4.68 Å². The molecule has 0 bridgehead atoms. The third kappa shape index (κ3) is 3.62. The predicted molar refractivity (Wildman–Crippen MR) is 108 cm³/mol. The highest BCUT2D eigenvalue weighted by atomic mass is 15.3. The highest BCUT2D eigenvalue weighted by Crippen LogP contribution is 2.35. The van der Waals surface area contributed by atoms with E-state index in [0.29, 0.717) is 11.8 Å². The second kappa shape index (κ2) is 7.95. The smallest absolute Gasteiger partial charge is 0.147 e. The Balaban J connectivity index is 1.23. The summed E-state index contributed by atoms with van der Waals surface area (Å²) in [6.45, 7) is 6.24. The van der Waals surface area contributed by atoms with E-state index in [4.69, 9.17) is 5.10 Å². The highest BCUT2D eigenvalue weighted by Gasteiger charge is 2.28. The SMILES string of the molecule is Cn1cc(CN2CCC(c3nnc4n3CCNC4)CC2)c(C2CCCCC2)n1. The molecule has 2 aromatic rings. The van der Waals surface area contributed by atoms with E-state index in [-0.39, 0.29) is 0 Å². The molecule has 7 heteroatoms. The van der Waals surface area contributed by atoms with Gasteiger partial charge in [-0.15, -0.1) is 10.2 Å². The molecular formula is C21H33N7. The normalized spacial score (nSPS) is 22.5.